The molecule has 1 aliphatic rings. The largest absolute Gasteiger partial charge is 0.488 e. The van der Waals surface area contributed by atoms with E-state index in [1.165, 1.54) is 0 Å². The third-order valence-electron chi connectivity index (χ3n) is 4.08. The minimum absolute atomic E-state index is 0.164. The number of phosphoric acid groups is 2. The lowest BCUT2D eigenvalue weighted by atomic mass is 9.95. The summed E-state index contributed by atoms with van der Waals surface area (Å²) in [6.07, 6.45) is -6.79. The molecule has 0 aliphatic carbocycles. The first-order valence-corrected chi connectivity index (χ1v) is 13.4. The van der Waals surface area contributed by atoms with E-state index < -0.39 is 71.5 Å². The molecule has 0 aromatic carbocycles. The number of hydrogen-bond donors (Lipinski definition) is 6. The van der Waals surface area contributed by atoms with Crippen LogP contribution in [0.3, 0.4) is 0 Å². The number of nitrogen functional groups attached to an aromatic ring is 1. The molecule has 1 aromatic rings. The Morgan fingerprint density at radius 3 is 2.42 bits per heavy atom. The molecule has 7 N–H and O–H groups in total. The van der Waals surface area contributed by atoms with Crippen LogP contribution < -0.4 is 11.4 Å². The van der Waals surface area contributed by atoms with Crippen molar-refractivity contribution in [2.45, 2.75) is 30.5 Å². The van der Waals surface area contributed by atoms with Crippen molar-refractivity contribution in [3.05, 3.63) is 22.7 Å². The van der Waals surface area contributed by atoms with Gasteiger partial charge in [-0.2, -0.15) is 9.29 Å². The number of aromatic nitrogens is 2. The van der Waals surface area contributed by atoms with E-state index in [9.17, 15) is 37.8 Å². The minimum atomic E-state index is -5.68. The van der Waals surface area contributed by atoms with Crippen molar-refractivity contribution in [2.24, 2.45) is 0 Å². The first kappa shape index (κ1) is 26.5. The molecule has 20 heteroatoms. The van der Waals surface area contributed by atoms with Crippen molar-refractivity contribution in [1.29, 1.82) is 0 Å². The van der Waals surface area contributed by atoms with Gasteiger partial charge in [-0.15, -0.1) is 11.6 Å². The third-order valence-corrected chi connectivity index (χ3v) is 8.84. The maximum Gasteiger partial charge on any atom is 0.488 e. The zero-order chi connectivity index (χ0) is 23.8. The number of halogens is 2. The summed E-state index contributed by atoms with van der Waals surface area (Å²) in [4.78, 5) is 51.3. The molecule has 6 atom stereocenters. The van der Waals surface area contributed by atoms with Crippen molar-refractivity contribution in [2.75, 3.05) is 17.8 Å². The molecule has 3 unspecified atom stereocenters. The van der Waals surface area contributed by atoms with Gasteiger partial charge in [-0.3, -0.25) is 9.13 Å². The van der Waals surface area contributed by atoms with Gasteiger partial charge in [-0.1, -0.05) is 0 Å². The number of nitrogens with two attached hydrogens (primary N) is 1. The number of hydrogen-bond acceptors (Lipinski definition) is 10. The molecular formula is C11H18ClFN3O12P3. The van der Waals surface area contributed by atoms with Gasteiger partial charge >= 0.3 is 28.9 Å². The molecule has 0 amide bonds. The molecule has 178 valence electrons. The summed E-state index contributed by atoms with van der Waals surface area (Å²) in [5, 5.41) is 10.3. The molecule has 0 saturated carbocycles. The Morgan fingerprint density at radius 2 is 1.90 bits per heavy atom. The molecule has 1 fully saturated rings. The fourth-order valence-corrected chi connectivity index (χ4v) is 6.81. The van der Waals surface area contributed by atoms with E-state index in [0.29, 0.717) is 4.57 Å². The van der Waals surface area contributed by atoms with E-state index in [2.05, 4.69) is 13.6 Å². The molecule has 2 heterocycles. The van der Waals surface area contributed by atoms with Gasteiger partial charge in [0.1, 0.15) is 17.5 Å². The summed E-state index contributed by atoms with van der Waals surface area (Å²) < 4.78 is 62.3. The van der Waals surface area contributed by atoms with E-state index >= 15 is 0 Å². The van der Waals surface area contributed by atoms with Crippen LogP contribution in [0.25, 0.3) is 0 Å². The highest BCUT2D eigenvalue weighted by Gasteiger charge is 2.56. The van der Waals surface area contributed by atoms with Gasteiger partial charge in [0.2, 0.25) is 0 Å². The van der Waals surface area contributed by atoms with Crippen LogP contribution in [-0.2, 0) is 27.1 Å². The minimum Gasteiger partial charge on any atom is -0.387 e. The third kappa shape index (κ3) is 6.64. The SMILES string of the molecule is Nc1ccn(C2O[C@](CCl)(CCP(=O)(O)OP(=O)(O)OP(=O)(O)O)[C@@H](O)[C@H]2F)c(=O)n1. The number of aliphatic hydroxyl groups excluding tert-OH is 1. The second kappa shape index (κ2) is 9.26. The van der Waals surface area contributed by atoms with Crippen LogP contribution in [0.4, 0.5) is 10.2 Å². The van der Waals surface area contributed by atoms with Crippen LogP contribution >= 0.6 is 34.8 Å². The summed E-state index contributed by atoms with van der Waals surface area (Å²) in [6.45, 7) is 0. The number of rotatable bonds is 9. The van der Waals surface area contributed by atoms with Crippen molar-refractivity contribution >= 4 is 40.7 Å². The van der Waals surface area contributed by atoms with Crippen molar-refractivity contribution < 1.29 is 56.1 Å². The van der Waals surface area contributed by atoms with Crippen molar-refractivity contribution in [3.63, 3.8) is 0 Å². The van der Waals surface area contributed by atoms with Crippen LogP contribution in [0, 0.1) is 0 Å². The van der Waals surface area contributed by atoms with Crippen LogP contribution in [-0.4, -0.2) is 64.1 Å². The lowest BCUT2D eigenvalue weighted by Crippen LogP contribution is -2.44. The Balaban J connectivity index is 2.20. The number of nitrogens with zero attached hydrogens (tertiary/aromatic N) is 2. The van der Waals surface area contributed by atoms with E-state index in [1.54, 1.807) is 0 Å². The Hall–Kier alpha value is -0.730. The molecule has 0 spiro atoms. The summed E-state index contributed by atoms with van der Waals surface area (Å²) in [5.41, 5.74) is 2.27. The van der Waals surface area contributed by atoms with Gasteiger partial charge < -0.3 is 35.2 Å². The molecule has 15 nitrogen and oxygen atoms in total. The topological polar surface area (TPSA) is 241 Å². The quantitative estimate of drug-likeness (QED) is 0.179. The van der Waals surface area contributed by atoms with Gasteiger partial charge in [-0.25, -0.2) is 22.6 Å². The predicted molar refractivity (Wildman–Crippen MR) is 101 cm³/mol. The Labute approximate surface area is 177 Å². The monoisotopic (exact) mass is 531 g/mol. The van der Waals surface area contributed by atoms with E-state index in [4.69, 9.17) is 31.9 Å². The molecule has 0 bridgehead atoms. The van der Waals surface area contributed by atoms with Gasteiger partial charge in [0, 0.05) is 6.20 Å². The summed E-state index contributed by atoms with van der Waals surface area (Å²) in [5.74, 6) is -0.819. The van der Waals surface area contributed by atoms with Crippen LogP contribution in [0.1, 0.15) is 12.6 Å². The molecule has 1 aliphatic heterocycles. The van der Waals surface area contributed by atoms with E-state index in [0.717, 1.165) is 12.3 Å². The van der Waals surface area contributed by atoms with Crippen LogP contribution in [0.15, 0.2) is 17.1 Å². The zero-order valence-corrected chi connectivity index (χ0v) is 18.6. The molecule has 2 rings (SSSR count). The molecule has 0 radical (unpaired) electrons. The molecule has 1 aromatic heterocycles. The molecular weight excluding hydrogens is 514 g/mol. The average molecular weight is 532 g/mol. The first-order valence-electron chi connectivity index (χ1n) is 8.04. The number of aliphatic hydroxyl groups is 1. The fourth-order valence-electron chi connectivity index (χ4n) is 2.72. The highest BCUT2D eigenvalue weighted by molar-refractivity contribution is 7.68. The van der Waals surface area contributed by atoms with Crippen LogP contribution in [0.5, 0.6) is 0 Å². The lowest BCUT2D eigenvalue weighted by Gasteiger charge is -2.30. The smallest absolute Gasteiger partial charge is 0.387 e. The second-order valence-electron chi connectivity index (χ2n) is 6.37. The summed E-state index contributed by atoms with van der Waals surface area (Å²) >= 11 is 5.77. The van der Waals surface area contributed by atoms with Crippen LogP contribution in [0.2, 0.25) is 0 Å². The Kier molecular flexibility index (Phi) is 7.92. The number of anilines is 1. The molecule has 1 saturated heterocycles. The van der Waals surface area contributed by atoms with Crippen molar-refractivity contribution in [3.8, 4) is 0 Å². The molecule has 31 heavy (non-hydrogen) atoms. The van der Waals surface area contributed by atoms with E-state index in [-0.39, 0.29) is 5.82 Å². The Bertz CT molecular complexity index is 1020. The van der Waals surface area contributed by atoms with Crippen molar-refractivity contribution in [1.82, 2.24) is 9.55 Å². The van der Waals surface area contributed by atoms with Gasteiger partial charge in [-0.05, 0) is 12.5 Å². The average Bonchev–Trinajstić information content (AvgIpc) is 2.82. The maximum atomic E-state index is 14.7. The highest BCUT2D eigenvalue weighted by atomic mass is 35.5. The second-order valence-corrected chi connectivity index (χ2v) is 11.6. The van der Waals surface area contributed by atoms with Gasteiger partial charge in [0.25, 0.3) is 0 Å². The Morgan fingerprint density at radius 1 is 1.29 bits per heavy atom. The maximum absolute atomic E-state index is 14.7. The lowest BCUT2D eigenvalue weighted by molar-refractivity contribution is -0.0919. The fraction of sp³-hybridized carbons (Fsp3) is 0.636. The standard InChI is InChI=1S/C11H18ClFN3O12P3/c12-5-11(2-4-29(19,20)27-31(24,25)28-30(21,22)23)8(17)7(13)9(26-11)16-3-1-6(14)15-10(16)18/h1,3,7-9,17H,2,4-5H2,(H,19,20)(H,24,25)(H2,14,15,18)(H2,21,22,23)/t7-,8+,9?,11+/m1/s1. The normalized spacial score (nSPS) is 30.6. The zero-order valence-electron chi connectivity index (χ0n) is 15.2. The number of ether oxygens (including phenoxy) is 1. The predicted octanol–water partition coefficient (Wildman–Crippen LogP) is -0.167. The van der Waals surface area contributed by atoms with Gasteiger partial charge in [0.05, 0.1) is 12.0 Å². The highest BCUT2D eigenvalue weighted by Crippen LogP contribution is 2.66. The summed E-state index contributed by atoms with van der Waals surface area (Å²) in [7, 11) is -16.3. The number of alkyl halides is 2. The van der Waals surface area contributed by atoms with Gasteiger partial charge in [0.15, 0.2) is 12.4 Å². The first-order chi connectivity index (χ1) is 14.0. The van der Waals surface area contributed by atoms with E-state index in [1.807, 2.05) is 0 Å². The summed E-state index contributed by atoms with van der Waals surface area (Å²) in [6, 6.07) is 1.15.